The van der Waals surface area contributed by atoms with Gasteiger partial charge in [-0.3, -0.25) is 4.79 Å². The van der Waals surface area contributed by atoms with Crippen LogP contribution in [0.1, 0.15) is 23.7 Å². The van der Waals surface area contributed by atoms with Crippen molar-refractivity contribution >= 4 is 43.3 Å². The Hall–Kier alpha value is -0.590. The molecular weight excluding hydrogens is 366 g/mol. The number of nitrogens with zero attached hydrogens (tertiary/aromatic N) is 1. The van der Waals surface area contributed by atoms with Gasteiger partial charge in [-0.1, -0.05) is 11.6 Å². The van der Waals surface area contributed by atoms with Gasteiger partial charge >= 0.3 is 0 Å². The molecule has 0 N–H and O–H groups in total. The van der Waals surface area contributed by atoms with Gasteiger partial charge < -0.3 is 4.90 Å². The number of carbonyl (C=O) groups is 1. The van der Waals surface area contributed by atoms with Crippen LogP contribution < -0.4 is 0 Å². The first-order valence-electron chi connectivity index (χ1n) is 6.30. The first-order chi connectivity index (χ1) is 9.34. The topological polar surface area (TPSA) is 54.5 Å². The summed E-state index contributed by atoms with van der Waals surface area (Å²) in [5, 5.41) is 0.464. The van der Waals surface area contributed by atoms with E-state index in [-0.39, 0.29) is 23.5 Å². The Bertz CT molecular complexity index is 633. The summed E-state index contributed by atoms with van der Waals surface area (Å²) in [5.41, 5.74) is 0.476. The van der Waals surface area contributed by atoms with E-state index in [2.05, 4.69) is 15.9 Å². The van der Waals surface area contributed by atoms with Crippen molar-refractivity contribution in [3.63, 3.8) is 0 Å². The SMILES string of the molecule is CCN(C(=O)c1ccc(Br)c(Cl)c1)C1CCS(=O)(=O)C1. The minimum atomic E-state index is -3.01. The highest BCUT2D eigenvalue weighted by atomic mass is 79.9. The van der Waals surface area contributed by atoms with Crippen molar-refractivity contribution in [2.45, 2.75) is 19.4 Å². The third-order valence-electron chi connectivity index (χ3n) is 3.42. The van der Waals surface area contributed by atoms with Gasteiger partial charge in [-0.15, -0.1) is 0 Å². The summed E-state index contributed by atoms with van der Waals surface area (Å²) in [7, 11) is -3.01. The Labute approximate surface area is 132 Å². The molecule has 20 heavy (non-hydrogen) atoms. The molecule has 4 nitrogen and oxygen atoms in total. The molecule has 1 aliphatic rings. The third kappa shape index (κ3) is 3.35. The molecule has 1 aliphatic heterocycles. The van der Waals surface area contributed by atoms with Crippen LogP contribution in [0.2, 0.25) is 5.02 Å². The number of halogens is 2. The third-order valence-corrected chi connectivity index (χ3v) is 6.40. The van der Waals surface area contributed by atoms with Gasteiger partial charge in [0.2, 0.25) is 0 Å². The van der Waals surface area contributed by atoms with E-state index in [9.17, 15) is 13.2 Å². The van der Waals surface area contributed by atoms with Gasteiger partial charge in [-0.05, 0) is 47.5 Å². The van der Waals surface area contributed by atoms with E-state index in [1.54, 1.807) is 23.1 Å². The van der Waals surface area contributed by atoms with E-state index < -0.39 is 9.84 Å². The quantitative estimate of drug-likeness (QED) is 0.810. The fraction of sp³-hybridized carbons (Fsp3) is 0.462. The second-order valence-electron chi connectivity index (χ2n) is 4.78. The summed E-state index contributed by atoms with van der Waals surface area (Å²) in [5.74, 6) is 0.0309. The molecule has 0 radical (unpaired) electrons. The van der Waals surface area contributed by atoms with Crippen molar-refractivity contribution in [3.05, 3.63) is 33.3 Å². The van der Waals surface area contributed by atoms with E-state index in [1.807, 2.05) is 6.92 Å². The zero-order valence-electron chi connectivity index (χ0n) is 11.0. The van der Waals surface area contributed by atoms with Crippen LogP contribution in [0.4, 0.5) is 0 Å². The van der Waals surface area contributed by atoms with E-state index in [4.69, 9.17) is 11.6 Å². The Morgan fingerprint density at radius 3 is 2.70 bits per heavy atom. The number of hydrogen-bond donors (Lipinski definition) is 0. The van der Waals surface area contributed by atoms with Gasteiger partial charge in [0.15, 0.2) is 9.84 Å². The molecule has 1 saturated heterocycles. The smallest absolute Gasteiger partial charge is 0.254 e. The highest BCUT2D eigenvalue weighted by Gasteiger charge is 2.34. The van der Waals surface area contributed by atoms with Gasteiger partial charge in [0.1, 0.15) is 0 Å². The Kier molecular flexibility index (Phi) is 4.76. The standard InChI is InChI=1S/C13H15BrClNO3S/c1-2-16(10-5-6-20(18,19)8-10)13(17)9-3-4-11(14)12(15)7-9/h3-4,7,10H,2,5-6,8H2,1H3. The molecule has 1 atom stereocenters. The van der Waals surface area contributed by atoms with Crippen LogP contribution in [0, 0.1) is 0 Å². The fourth-order valence-electron chi connectivity index (χ4n) is 2.38. The summed E-state index contributed by atoms with van der Waals surface area (Å²) < 4.78 is 23.8. The molecule has 0 aromatic heterocycles. The molecule has 1 heterocycles. The van der Waals surface area contributed by atoms with Gasteiger partial charge in [0, 0.05) is 22.6 Å². The van der Waals surface area contributed by atoms with Crippen LogP contribution in [-0.2, 0) is 9.84 Å². The molecule has 0 spiro atoms. The number of rotatable bonds is 3. The number of hydrogen-bond acceptors (Lipinski definition) is 3. The van der Waals surface area contributed by atoms with Gasteiger partial charge in [0.25, 0.3) is 5.91 Å². The largest absolute Gasteiger partial charge is 0.335 e. The lowest BCUT2D eigenvalue weighted by molar-refractivity contribution is 0.0708. The summed E-state index contributed by atoms with van der Waals surface area (Å²) >= 11 is 9.27. The molecule has 1 aromatic rings. The minimum absolute atomic E-state index is 0.0524. The maximum Gasteiger partial charge on any atom is 0.254 e. The Morgan fingerprint density at radius 1 is 1.50 bits per heavy atom. The van der Waals surface area contributed by atoms with E-state index in [0.29, 0.717) is 23.6 Å². The van der Waals surface area contributed by atoms with Crippen molar-refractivity contribution < 1.29 is 13.2 Å². The van der Waals surface area contributed by atoms with E-state index in [0.717, 1.165) is 4.47 Å². The highest BCUT2D eigenvalue weighted by Crippen LogP contribution is 2.25. The summed E-state index contributed by atoms with van der Waals surface area (Å²) in [6.07, 6.45) is 0.506. The predicted octanol–water partition coefficient (Wildman–Crippen LogP) is 2.75. The molecule has 2 rings (SSSR count). The van der Waals surface area contributed by atoms with E-state index >= 15 is 0 Å². The fourth-order valence-corrected chi connectivity index (χ4v) is 4.54. The summed E-state index contributed by atoms with van der Waals surface area (Å²) in [6, 6.07) is 4.76. The van der Waals surface area contributed by atoms with Gasteiger partial charge in [-0.2, -0.15) is 0 Å². The number of benzene rings is 1. The lowest BCUT2D eigenvalue weighted by atomic mass is 10.1. The number of sulfone groups is 1. The maximum absolute atomic E-state index is 12.5. The van der Waals surface area contributed by atoms with Crippen LogP contribution in [0.3, 0.4) is 0 Å². The van der Waals surface area contributed by atoms with E-state index in [1.165, 1.54) is 0 Å². The molecule has 0 saturated carbocycles. The summed E-state index contributed by atoms with van der Waals surface area (Å²) in [6.45, 7) is 2.33. The molecule has 1 fully saturated rings. The van der Waals surface area contributed by atoms with Crippen molar-refractivity contribution in [3.8, 4) is 0 Å². The molecule has 1 unspecified atom stereocenters. The van der Waals surface area contributed by atoms with Gasteiger partial charge in [0.05, 0.1) is 16.5 Å². The number of carbonyl (C=O) groups excluding carboxylic acids is 1. The monoisotopic (exact) mass is 379 g/mol. The second-order valence-corrected chi connectivity index (χ2v) is 8.27. The van der Waals surface area contributed by atoms with Crippen LogP contribution in [0.15, 0.2) is 22.7 Å². The van der Waals surface area contributed by atoms with Crippen molar-refractivity contribution in [2.24, 2.45) is 0 Å². The highest BCUT2D eigenvalue weighted by molar-refractivity contribution is 9.10. The molecule has 7 heteroatoms. The van der Waals surface area contributed by atoms with Crippen molar-refractivity contribution in [1.29, 1.82) is 0 Å². The summed E-state index contributed by atoms with van der Waals surface area (Å²) in [4.78, 5) is 14.1. The zero-order valence-corrected chi connectivity index (χ0v) is 14.1. The van der Waals surface area contributed by atoms with Crippen LogP contribution in [-0.4, -0.2) is 43.3 Å². The maximum atomic E-state index is 12.5. The van der Waals surface area contributed by atoms with Gasteiger partial charge in [-0.25, -0.2) is 8.42 Å². The first-order valence-corrected chi connectivity index (χ1v) is 9.29. The lowest BCUT2D eigenvalue weighted by Crippen LogP contribution is -2.40. The van der Waals surface area contributed by atoms with Crippen LogP contribution >= 0.6 is 27.5 Å². The second kappa shape index (κ2) is 6.03. The lowest BCUT2D eigenvalue weighted by Gasteiger charge is -2.27. The van der Waals surface area contributed by atoms with Crippen LogP contribution in [0.5, 0.6) is 0 Å². The first kappa shape index (κ1) is 15.8. The zero-order chi connectivity index (χ0) is 14.9. The molecular formula is C13H15BrClNO3S. The van der Waals surface area contributed by atoms with Crippen LogP contribution in [0.25, 0.3) is 0 Å². The average Bonchev–Trinajstić information content (AvgIpc) is 2.74. The molecule has 110 valence electrons. The number of amides is 1. The molecule has 1 aromatic carbocycles. The Morgan fingerprint density at radius 2 is 2.20 bits per heavy atom. The normalized spacial score (nSPS) is 20.9. The van der Waals surface area contributed by atoms with Crippen molar-refractivity contribution in [2.75, 3.05) is 18.1 Å². The Balaban J connectivity index is 2.23. The molecule has 1 amide bonds. The minimum Gasteiger partial charge on any atom is -0.335 e. The molecule has 0 bridgehead atoms. The molecule has 0 aliphatic carbocycles. The van der Waals surface area contributed by atoms with Crippen molar-refractivity contribution in [1.82, 2.24) is 4.90 Å². The average molecular weight is 381 g/mol. The predicted molar refractivity (Wildman–Crippen MR) is 82.9 cm³/mol.